The first-order valence-corrected chi connectivity index (χ1v) is 8.98. The van der Waals surface area contributed by atoms with E-state index in [1.54, 1.807) is 42.6 Å². The third-order valence-corrected chi connectivity index (χ3v) is 4.13. The Morgan fingerprint density at radius 2 is 1.79 bits per heavy atom. The number of hydrogen-bond donors (Lipinski definition) is 1. The fraction of sp³-hybridized carbons (Fsp3) is 0.0455. The molecule has 1 amide bonds. The van der Waals surface area contributed by atoms with Crippen molar-refractivity contribution in [2.75, 3.05) is 5.32 Å². The molecule has 0 saturated carbocycles. The van der Waals surface area contributed by atoms with Crippen molar-refractivity contribution < 1.29 is 18.7 Å². The molecule has 0 radical (unpaired) electrons. The van der Waals surface area contributed by atoms with Gasteiger partial charge in [0, 0.05) is 13.1 Å². The van der Waals surface area contributed by atoms with Gasteiger partial charge in [-0.25, -0.2) is 14.2 Å². The summed E-state index contributed by atoms with van der Waals surface area (Å²) in [6, 6.07) is 14.2. The van der Waals surface area contributed by atoms with Crippen LogP contribution in [-0.4, -0.2) is 16.9 Å². The molecule has 0 saturated heterocycles. The highest BCUT2D eigenvalue weighted by Crippen LogP contribution is 2.22. The third-order valence-electron chi connectivity index (χ3n) is 3.81. The Bertz CT molecular complexity index is 1060. The smallest absolute Gasteiger partial charge is 0.348 e. The van der Waals surface area contributed by atoms with Gasteiger partial charge in [-0.3, -0.25) is 4.79 Å². The van der Waals surface area contributed by atoms with Gasteiger partial charge < -0.3 is 10.1 Å². The molecule has 3 aromatic rings. The standard InChI is InChI=1S/C22H16ClFN2O3/c1-14(27)26-20-13-16(11-12-25-20)6-5-15-7-9-17(10-8-15)29-22(28)21-18(23)3-2-4-19(21)24/h2-13H,1H3,(H,25,26,27)/b6-5+. The molecular weight excluding hydrogens is 395 g/mol. The first kappa shape index (κ1) is 20.2. The van der Waals surface area contributed by atoms with Crippen molar-refractivity contribution >= 4 is 41.4 Å². The van der Waals surface area contributed by atoms with Gasteiger partial charge in [-0.1, -0.05) is 42.0 Å². The number of esters is 1. The highest BCUT2D eigenvalue weighted by atomic mass is 35.5. The average Bonchev–Trinajstić information content (AvgIpc) is 2.67. The van der Waals surface area contributed by atoms with Crippen molar-refractivity contribution in [2.45, 2.75) is 6.92 Å². The molecule has 146 valence electrons. The predicted molar refractivity (Wildman–Crippen MR) is 110 cm³/mol. The van der Waals surface area contributed by atoms with E-state index < -0.39 is 11.8 Å². The molecule has 0 unspecified atom stereocenters. The van der Waals surface area contributed by atoms with Gasteiger partial charge in [0.25, 0.3) is 0 Å². The molecule has 0 aliphatic carbocycles. The van der Waals surface area contributed by atoms with Crippen LogP contribution in [-0.2, 0) is 4.79 Å². The molecule has 1 N–H and O–H groups in total. The molecule has 1 heterocycles. The summed E-state index contributed by atoms with van der Waals surface area (Å²) in [5.41, 5.74) is 1.41. The van der Waals surface area contributed by atoms with E-state index in [0.717, 1.165) is 17.2 Å². The minimum atomic E-state index is -0.862. The summed E-state index contributed by atoms with van der Waals surface area (Å²) in [4.78, 5) is 27.3. The molecule has 0 spiro atoms. The lowest BCUT2D eigenvalue weighted by atomic mass is 10.1. The number of anilines is 1. The predicted octanol–water partition coefficient (Wildman–Crippen LogP) is 5.22. The van der Waals surface area contributed by atoms with E-state index in [2.05, 4.69) is 10.3 Å². The molecule has 0 aliphatic heterocycles. The van der Waals surface area contributed by atoms with E-state index in [1.165, 1.54) is 19.1 Å². The fourth-order valence-corrected chi connectivity index (χ4v) is 2.73. The summed E-state index contributed by atoms with van der Waals surface area (Å²) in [7, 11) is 0. The van der Waals surface area contributed by atoms with Crippen LogP contribution in [0.5, 0.6) is 5.75 Å². The average molecular weight is 411 g/mol. The number of hydrogen-bond acceptors (Lipinski definition) is 4. The quantitative estimate of drug-likeness (QED) is 0.462. The molecule has 29 heavy (non-hydrogen) atoms. The molecule has 0 aliphatic rings. The number of benzene rings is 2. The maximum absolute atomic E-state index is 13.8. The Balaban J connectivity index is 1.68. The zero-order chi connectivity index (χ0) is 20.8. The number of carbonyl (C=O) groups is 2. The van der Waals surface area contributed by atoms with Crippen molar-refractivity contribution in [1.82, 2.24) is 4.98 Å². The lowest BCUT2D eigenvalue weighted by Gasteiger charge is -2.07. The van der Waals surface area contributed by atoms with E-state index in [0.29, 0.717) is 5.82 Å². The second-order valence-electron chi connectivity index (χ2n) is 6.04. The highest BCUT2D eigenvalue weighted by molar-refractivity contribution is 6.33. The Labute approximate surface area is 171 Å². The van der Waals surface area contributed by atoms with Crippen LogP contribution < -0.4 is 10.1 Å². The van der Waals surface area contributed by atoms with Crippen molar-refractivity contribution in [1.29, 1.82) is 0 Å². The van der Waals surface area contributed by atoms with Gasteiger partial charge in [0.05, 0.1) is 5.02 Å². The van der Waals surface area contributed by atoms with Crippen LogP contribution >= 0.6 is 11.6 Å². The van der Waals surface area contributed by atoms with E-state index in [-0.39, 0.29) is 22.2 Å². The van der Waals surface area contributed by atoms with Gasteiger partial charge in [-0.15, -0.1) is 0 Å². The number of halogens is 2. The Morgan fingerprint density at radius 3 is 2.48 bits per heavy atom. The van der Waals surface area contributed by atoms with Gasteiger partial charge in [-0.05, 0) is 47.5 Å². The fourth-order valence-electron chi connectivity index (χ4n) is 2.49. The number of nitrogens with one attached hydrogen (secondary N) is 1. The first-order valence-electron chi connectivity index (χ1n) is 8.60. The van der Waals surface area contributed by atoms with Gasteiger partial charge in [0.15, 0.2) is 0 Å². The second-order valence-corrected chi connectivity index (χ2v) is 6.45. The number of pyridine rings is 1. The van der Waals surface area contributed by atoms with E-state index in [1.807, 2.05) is 12.2 Å². The molecule has 1 aromatic heterocycles. The Morgan fingerprint density at radius 1 is 1.07 bits per heavy atom. The Hall–Kier alpha value is -3.51. The van der Waals surface area contributed by atoms with Crippen molar-refractivity contribution in [2.24, 2.45) is 0 Å². The second kappa shape index (κ2) is 9.12. The van der Waals surface area contributed by atoms with Crippen molar-refractivity contribution in [3.8, 4) is 5.75 Å². The molecule has 0 bridgehead atoms. The molecular formula is C22H16ClFN2O3. The number of carbonyl (C=O) groups excluding carboxylic acids is 2. The summed E-state index contributed by atoms with van der Waals surface area (Å²) >= 11 is 5.88. The van der Waals surface area contributed by atoms with Gasteiger partial charge >= 0.3 is 5.97 Å². The summed E-state index contributed by atoms with van der Waals surface area (Å²) in [6.45, 7) is 1.42. The van der Waals surface area contributed by atoms with Gasteiger partial charge in [0.1, 0.15) is 22.9 Å². The molecule has 3 rings (SSSR count). The van der Waals surface area contributed by atoms with E-state index in [9.17, 15) is 14.0 Å². The number of aromatic nitrogens is 1. The maximum Gasteiger partial charge on any atom is 0.348 e. The maximum atomic E-state index is 13.8. The Kier molecular flexibility index (Phi) is 6.36. The van der Waals surface area contributed by atoms with Crippen LogP contribution in [0.1, 0.15) is 28.4 Å². The minimum absolute atomic E-state index is 0.00876. The SMILES string of the molecule is CC(=O)Nc1cc(/C=C/c2ccc(OC(=O)c3c(F)cccc3Cl)cc2)ccn1. The highest BCUT2D eigenvalue weighted by Gasteiger charge is 2.17. The minimum Gasteiger partial charge on any atom is -0.423 e. The number of ether oxygens (including phenoxy) is 1. The van der Waals surface area contributed by atoms with Crippen LogP contribution in [0.25, 0.3) is 12.2 Å². The van der Waals surface area contributed by atoms with Gasteiger partial charge in [-0.2, -0.15) is 0 Å². The monoisotopic (exact) mass is 410 g/mol. The molecule has 7 heteroatoms. The van der Waals surface area contributed by atoms with Crippen molar-refractivity contribution in [3.63, 3.8) is 0 Å². The summed E-state index contributed by atoms with van der Waals surface area (Å²) in [5, 5.41) is 2.61. The lowest BCUT2D eigenvalue weighted by molar-refractivity contribution is -0.114. The first-order chi connectivity index (χ1) is 13.9. The lowest BCUT2D eigenvalue weighted by Crippen LogP contribution is -2.11. The zero-order valence-electron chi connectivity index (χ0n) is 15.4. The van der Waals surface area contributed by atoms with Crippen LogP contribution in [0.3, 0.4) is 0 Å². The molecule has 2 aromatic carbocycles. The summed E-state index contributed by atoms with van der Waals surface area (Å²) in [5.74, 6) is -1.06. The van der Waals surface area contributed by atoms with Gasteiger partial charge in [0.2, 0.25) is 5.91 Å². The summed E-state index contributed by atoms with van der Waals surface area (Å²) in [6.07, 6.45) is 5.31. The van der Waals surface area contributed by atoms with E-state index >= 15 is 0 Å². The molecule has 0 atom stereocenters. The van der Waals surface area contributed by atoms with Crippen LogP contribution in [0, 0.1) is 5.82 Å². The third kappa shape index (κ3) is 5.49. The zero-order valence-corrected chi connectivity index (χ0v) is 16.1. The van der Waals surface area contributed by atoms with Crippen LogP contribution in [0.15, 0.2) is 60.8 Å². The van der Waals surface area contributed by atoms with Crippen molar-refractivity contribution in [3.05, 3.63) is 88.3 Å². The largest absolute Gasteiger partial charge is 0.423 e. The number of rotatable bonds is 5. The normalized spacial score (nSPS) is 10.7. The van der Waals surface area contributed by atoms with Crippen LogP contribution in [0.4, 0.5) is 10.2 Å². The summed E-state index contributed by atoms with van der Waals surface area (Å²) < 4.78 is 19.0. The number of amides is 1. The van der Waals surface area contributed by atoms with Crippen LogP contribution in [0.2, 0.25) is 5.02 Å². The topological polar surface area (TPSA) is 68.3 Å². The molecule has 5 nitrogen and oxygen atoms in total. The number of nitrogens with zero attached hydrogens (tertiary/aromatic N) is 1. The molecule has 0 fully saturated rings. The van der Waals surface area contributed by atoms with E-state index in [4.69, 9.17) is 16.3 Å².